The molecule has 0 aromatic rings. The third kappa shape index (κ3) is 3.71. The number of hydrogen-bond acceptors (Lipinski definition) is 3. The van der Waals surface area contributed by atoms with Crippen LogP contribution in [0.5, 0.6) is 0 Å². The minimum Gasteiger partial charge on any atom is -0.393 e. The fraction of sp³-hybridized carbons (Fsp3) is 0.893. The van der Waals surface area contributed by atoms with Gasteiger partial charge in [0.1, 0.15) is 0 Å². The number of rotatable bonds is 6. The first kappa shape index (κ1) is 23.3. The molecule has 0 bridgehead atoms. The Hall–Kier alpha value is -0.850. The number of allylic oxidation sites excluding steroid dienone is 1. The summed E-state index contributed by atoms with van der Waals surface area (Å²) in [5, 5.41) is 32.0. The largest absolute Gasteiger partial charge is 0.393 e. The van der Waals surface area contributed by atoms with Gasteiger partial charge in [0.05, 0.1) is 17.8 Å². The molecule has 10 atom stereocenters. The topological polar surface area (TPSA) is 64.2 Å². The van der Waals surface area contributed by atoms with Gasteiger partial charge < -0.3 is 10.2 Å². The molecule has 0 amide bonds. The summed E-state index contributed by atoms with van der Waals surface area (Å²) >= 11 is 0. The van der Waals surface area contributed by atoms with Gasteiger partial charge in [0.25, 0.3) is 0 Å². The van der Waals surface area contributed by atoms with Crippen molar-refractivity contribution in [1.82, 2.24) is 0 Å². The zero-order valence-electron chi connectivity index (χ0n) is 20.2. The SMILES string of the molecule is C=CCCC[C@]1(O)C[C@H]2[C@@H]3CC[C@H]([C@H](C)CC#N)[C@@]3(C)CC[C@@H]2[C@@]2(C)CC[C@@H](O)C[C@@H]12. The monoisotopic (exact) mass is 427 g/mol. The third-order valence-electron chi connectivity index (χ3n) is 11.0. The maximum Gasteiger partial charge on any atom is 0.0685 e. The van der Waals surface area contributed by atoms with Crippen LogP contribution in [-0.2, 0) is 0 Å². The molecule has 0 aromatic carbocycles. The fourth-order valence-electron chi connectivity index (χ4n) is 9.62. The molecule has 0 spiro atoms. The highest BCUT2D eigenvalue weighted by molar-refractivity contribution is 5.15. The highest BCUT2D eigenvalue weighted by atomic mass is 16.3. The van der Waals surface area contributed by atoms with Crippen molar-refractivity contribution < 1.29 is 10.2 Å². The molecule has 0 aromatic heterocycles. The average Bonchev–Trinajstić information content (AvgIpc) is 3.07. The number of nitrogens with zero attached hydrogens (tertiary/aromatic N) is 1. The molecule has 4 saturated carbocycles. The van der Waals surface area contributed by atoms with Crippen molar-refractivity contribution in [2.24, 2.45) is 46.3 Å². The van der Waals surface area contributed by atoms with Crippen molar-refractivity contribution in [2.75, 3.05) is 0 Å². The number of fused-ring (bicyclic) bond motifs is 5. The van der Waals surface area contributed by atoms with Gasteiger partial charge in [-0.15, -0.1) is 6.58 Å². The van der Waals surface area contributed by atoms with Crippen molar-refractivity contribution in [3.63, 3.8) is 0 Å². The van der Waals surface area contributed by atoms with Gasteiger partial charge in [0, 0.05) is 6.42 Å². The van der Waals surface area contributed by atoms with Crippen LogP contribution in [0.1, 0.15) is 97.8 Å². The van der Waals surface area contributed by atoms with Crippen molar-refractivity contribution >= 4 is 0 Å². The normalized spacial score (nSPS) is 49.9. The molecule has 0 saturated heterocycles. The smallest absolute Gasteiger partial charge is 0.0685 e. The maximum atomic E-state index is 12.2. The van der Waals surface area contributed by atoms with E-state index in [0.29, 0.717) is 41.4 Å². The van der Waals surface area contributed by atoms with Crippen LogP contribution in [0.15, 0.2) is 12.7 Å². The van der Waals surface area contributed by atoms with Crippen molar-refractivity contribution in [1.29, 1.82) is 5.26 Å². The predicted octanol–water partition coefficient (Wildman–Crippen LogP) is 6.25. The predicted molar refractivity (Wildman–Crippen MR) is 125 cm³/mol. The van der Waals surface area contributed by atoms with Gasteiger partial charge in [-0.1, -0.05) is 26.8 Å². The molecule has 4 fully saturated rings. The first-order chi connectivity index (χ1) is 14.7. The first-order valence-electron chi connectivity index (χ1n) is 13.1. The molecule has 31 heavy (non-hydrogen) atoms. The molecule has 4 rings (SSSR count). The van der Waals surface area contributed by atoms with E-state index in [4.69, 9.17) is 0 Å². The first-order valence-corrected chi connectivity index (χ1v) is 13.1. The van der Waals surface area contributed by atoms with E-state index in [1.165, 1.54) is 25.7 Å². The Labute approximate surface area is 190 Å². The van der Waals surface area contributed by atoms with Crippen LogP contribution in [0.25, 0.3) is 0 Å². The second-order valence-corrected chi connectivity index (χ2v) is 12.4. The zero-order valence-corrected chi connectivity index (χ0v) is 20.2. The molecule has 3 nitrogen and oxygen atoms in total. The van der Waals surface area contributed by atoms with Crippen LogP contribution in [0.2, 0.25) is 0 Å². The highest BCUT2D eigenvalue weighted by Crippen LogP contribution is 2.70. The molecule has 4 aliphatic rings. The number of aliphatic hydroxyl groups excluding tert-OH is 1. The van der Waals surface area contributed by atoms with Gasteiger partial charge in [-0.05, 0) is 117 Å². The Morgan fingerprint density at radius 2 is 1.84 bits per heavy atom. The van der Waals surface area contributed by atoms with Crippen molar-refractivity contribution in [3.05, 3.63) is 12.7 Å². The second-order valence-electron chi connectivity index (χ2n) is 12.4. The number of hydrogen-bond donors (Lipinski definition) is 2. The number of aliphatic hydroxyl groups is 2. The minimum atomic E-state index is -0.658. The quantitative estimate of drug-likeness (QED) is 0.389. The summed E-state index contributed by atoms with van der Waals surface area (Å²) in [5.41, 5.74) is -0.200. The lowest BCUT2D eigenvalue weighted by atomic mass is 9.41. The van der Waals surface area contributed by atoms with E-state index in [-0.39, 0.29) is 17.4 Å². The lowest BCUT2D eigenvalue weighted by molar-refractivity contribution is -0.219. The number of unbranched alkanes of at least 4 members (excludes halogenated alkanes) is 1. The summed E-state index contributed by atoms with van der Waals surface area (Å²) in [5.74, 6) is 3.27. The molecule has 4 aliphatic carbocycles. The van der Waals surface area contributed by atoms with Gasteiger partial charge in [0.2, 0.25) is 0 Å². The minimum absolute atomic E-state index is 0.142. The van der Waals surface area contributed by atoms with Gasteiger partial charge >= 0.3 is 0 Å². The van der Waals surface area contributed by atoms with Gasteiger partial charge in [-0.3, -0.25) is 0 Å². The highest BCUT2D eigenvalue weighted by Gasteiger charge is 2.65. The van der Waals surface area contributed by atoms with E-state index >= 15 is 0 Å². The molecule has 174 valence electrons. The van der Waals surface area contributed by atoms with Crippen LogP contribution >= 0.6 is 0 Å². The molecule has 0 unspecified atom stereocenters. The second kappa shape index (κ2) is 8.49. The van der Waals surface area contributed by atoms with E-state index < -0.39 is 5.60 Å². The van der Waals surface area contributed by atoms with Gasteiger partial charge in [0.15, 0.2) is 0 Å². The summed E-state index contributed by atoms with van der Waals surface area (Å²) < 4.78 is 0. The average molecular weight is 428 g/mol. The zero-order chi connectivity index (χ0) is 22.4. The summed E-state index contributed by atoms with van der Waals surface area (Å²) in [6.45, 7) is 11.2. The van der Waals surface area contributed by atoms with E-state index in [0.717, 1.165) is 44.9 Å². The Morgan fingerprint density at radius 3 is 2.55 bits per heavy atom. The summed E-state index contributed by atoms with van der Waals surface area (Å²) in [4.78, 5) is 0. The van der Waals surface area contributed by atoms with Crippen molar-refractivity contribution in [2.45, 2.75) is 110 Å². The Balaban J connectivity index is 1.66. The number of nitriles is 1. The summed E-state index contributed by atoms with van der Waals surface area (Å²) in [6.07, 6.45) is 13.9. The Kier molecular flexibility index (Phi) is 6.39. The summed E-state index contributed by atoms with van der Waals surface area (Å²) in [7, 11) is 0. The molecule has 2 N–H and O–H groups in total. The Morgan fingerprint density at radius 1 is 1.13 bits per heavy atom. The van der Waals surface area contributed by atoms with Crippen LogP contribution in [0, 0.1) is 57.7 Å². The summed E-state index contributed by atoms with van der Waals surface area (Å²) in [6, 6.07) is 2.43. The van der Waals surface area contributed by atoms with E-state index in [1.54, 1.807) is 0 Å². The van der Waals surface area contributed by atoms with Crippen LogP contribution in [0.3, 0.4) is 0 Å². The van der Waals surface area contributed by atoms with E-state index in [2.05, 4.69) is 33.4 Å². The molecular formula is C28H45NO2. The van der Waals surface area contributed by atoms with E-state index in [9.17, 15) is 15.5 Å². The fourth-order valence-corrected chi connectivity index (χ4v) is 9.62. The van der Waals surface area contributed by atoms with Crippen molar-refractivity contribution in [3.8, 4) is 6.07 Å². The lowest BCUT2D eigenvalue weighted by Gasteiger charge is -2.65. The lowest BCUT2D eigenvalue weighted by Crippen LogP contribution is -2.63. The van der Waals surface area contributed by atoms with Gasteiger partial charge in [-0.2, -0.15) is 5.26 Å². The van der Waals surface area contributed by atoms with Crippen LogP contribution < -0.4 is 0 Å². The molecule has 0 heterocycles. The van der Waals surface area contributed by atoms with Crippen LogP contribution in [0.4, 0.5) is 0 Å². The maximum absolute atomic E-state index is 12.2. The molecular weight excluding hydrogens is 382 g/mol. The molecule has 0 radical (unpaired) electrons. The van der Waals surface area contributed by atoms with Crippen LogP contribution in [-0.4, -0.2) is 21.9 Å². The van der Waals surface area contributed by atoms with E-state index in [1.807, 2.05) is 6.08 Å². The Bertz CT molecular complexity index is 714. The van der Waals surface area contributed by atoms with Gasteiger partial charge in [-0.25, -0.2) is 0 Å². The standard InChI is InChI=1S/C28H45NO2/c1-5-6-7-13-28(31)18-21-23-9-8-22(19(2)12-16-29)26(23,3)15-11-24(21)27(4)14-10-20(30)17-25(27)28/h5,19-25,30-31H,1,6-15,17-18H2,2-4H3/t19-,20-,21+,22-,23+,24+,25-,26-,27-,28+/m1/s1. The molecule has 0 aliphatic heterocycles. The third-order valence-corrected chi connectivity index (χ3v) is 11.0. The molecule has 3 heteroatoms.